The summed E-state index contributed by atoms with van der Waals surface area (Å²) in [6.45, 7) is 16.4. The van der Waals surface area contributed by atoms with Crippen molar-refractivity contribution < 1.29 is 64.9 Å². The van der Waals surface area contributed by atoms with Gasteiger partial charge in [0.2, 0.25) is 0 Å². The minimum atomic E-state index is -1.66. The minimum Gasteiger partial charge on any atom is -0.393 e. The zero-order valence-electron chi connectivity index (χ0n) is 33.5. The topological polar surface area (TPSA) is 219 Å². The highest BCUT2D eigenvalue weighted by Crippen LogP contribution is 2.76. The fourth-order valence-corrected chi connectivity index (χ4v) is 13.1. The smallest absolute Gasteiger partial charge is 0.187 e. The summed E-state index contributed by atoms with van der Waals surface area (Å²) < 4.78 is 24.0. The Morgan fingerprint density at radius 2 is 1.44 bits per heavy atom. The van der Waals surface area contributed by atoms with Crippen molar-refractivity contribution in [1.29, 1.82) is 0 Å². The van der Waals surface area contributed by atoms with Gasteiger partial charge in [0.1, 0.15) is 42.7 Å². The number of hydrogen-bond acceptors (Lipinski definition) is 13. The molecule has 13 heteroatoms. The van der Waals surface area contributed by atoms with Gasteiger partial charge in [0.25, 0.3) is 0 Å². The fourth-order valence-electron chi connectivity index (χ4n) is 13.1. The summed E-state index contributed by atoms with van der Waals surface area (Å²) in [5.74, 6) is -0.398. The third kappa shape index (κ3) is 6.86. The van der Waals surface area contributed by atoms with Crippen LogP contribution < -0.4 is 0 Å². The number of aliphatic hydroxyl groups excluding tert-OH is 9. The number of rotatable bonds is 9. The number of hydrogen-bond donors (Lipinski definition) is 9. The molecular formula is C41H70O13. The summed E-state index contributed by atoms with van der Waals surface area (Å²) in [7, 11) is 0. The molecule has 2 saturated heterocycles. The zero-order chi connectivity index (χ0) is 39.9. The van der Waals surface area contributed by atoms with E-state index in [4.69, 9.17) is 18.9 Å². The summed E-state index contributed by atoms with van der Waals surface area (Å²) in [5.41, 5.74) is -1.30. The molecule has 0 bridgehead atoms. The van der Waals surface area contributed by atoms with Gasteiger partial charge in [0.05, 0.1) is 37.1 Å². The van der Waals surface area contributed by atoms with Crippen molar-refractivity contribution in [3.63, 3.8) is 0 Å². The number of allylic oxidation sites excluding steroid dienone is 2. The van der Waals surface area contributed by atoms with E-state index in [9.17, 15) is 46.0 Å². The van der Waals surface area contributed by atoms with Crippen molar-refractivity contribution in [2.45, 2.75) is 186 Å². The second-order valence-corrected chi connectivity index (χ2v) is 19.8. The molecular weight excluding hydrogens is 700 g/mol. The van der Waals surface area contributed by atoms with Crippen LogP contribution in [0.3, 0.4) is 0 Å². The highest BCUT2D eigenvalue weighted by atomic mass is 16.7. The Morgan fingerprint density at radius 1 is 0.778 bits per heavy atom. The third-order valence-electron chi connectivity index (χ3n) is 16.2. The van der Waals surface area contributed by atoms with E-state index in [1.165, 1.54) is 0 Å². The van der Waals surface area contributed by atoms with E-state index in [1.54, 1.807) is 0 Å². The lowest BCUT2D eigenvalue weighted by Gasteiger charge is -2.71. The maximum absolute atomic E-state index is 12.4. The molecule has 6 aliphatic rings. The van der Waals surface area contributed by atoms with Crippen molar-refractivity contribution in [1.82, 2.24) is 0 Å². The van der Waals surface area contributed by atoms with E-state index < -0.39 is 84.6 Å². The standard InChI is InChI=1S/C41H70O13/c1-20(2)10-9-13-41(8,54-36-33(50)31(48)30(47)25(53-36)19-52-35-32(49)29(46)24(44)18-51-35)21-11-15-39(6)28(21)22(42)16-26-38(5)14-12-27(45)37(3,4)34(38)23(43)17-40(26,39)7/h10,21-36,42-50H,9,11-19H2,1-8H3/t21?,22-,23+,24-,25+,26?,27+,28?,29-,30+,31-,32+,33+,34?,35-,36-,38-,39-,40-,41+/m1/s1. The first-order valence-corrected chi connectivity index (χ1v) is 20.4. The first-order chi connectivity index (χ1) is 25.0. The van der Waals surface area contributed by atoms with E-state index in [-0.39, 0.29) is 53.1 Å². The lowest BCUT2D eigenvalue weighted by Crippen LogP contribution is -2.70. The summed E-state index contributed by atoms with van der Waals surface area (Å²) in [4.78, 5) is 0. The second-order valence-electron chi connectivity index (χ2n) is 19.8. The van der Waals surface area contributed by atoms with Crippen LogP contribution in [0.2, 0.25) is 0 Å². The molecule has 0 aromatic heterocycles. The summed E-state index contributed by atoms with van der Waals surface area (Å²) in [6.07, 6.45) is -7.53. The molecule has 20 atom stereocenters. The van der Waals surface area contributed by atoms with Gasteiger partial charge >= 0.3 is 0 Å². The van der Waals surface area contributed by atoms with E-state index in [2.05, 4.69) is 40.7 Å². The van der Waals surface area contributed by atoms with Gasteiger partial charge in [-0.15, -0.1) is 0 Å². The normalized spacial score (nSPS) is 52.8. The molecule has 0 aromatic carbocycles. The molecule has 6 rings (SSSR count). The Morgan fingerprint density at radius 3 is 2.11 bits per heavy atom. The Bertz CT molecular complexity index is 1360. The molecule has 6 fully saturated rings. The van der Waals surface area contributed by atoms with Gasteiger partial charge in [0.15, 0.2) is 12.6 Å². The van der Waals surface area contributed by atoms with Gasteiger partial charge in [0, 0.05) is 0 Å². The Balaban J connectivity index is 1.27. The van der Waals surface area contributed by atoms with E-state index in [0.29, 0.717) is 32.1 Å². The molecule has 2 aliphatic heterocycles. The highest BCUT2D eigenvalue weighted by molar-refractivity contribution is 5.22. The van der Waals surface area contributed by atoms with Crippen molar-refractivity contribution in [2.75, 3.05) is 13.2 Å². The van der Waals surface area contributed by atoms with Gasteiger partial charge in [-0.1, -0.05) is 46.3 Å². The molecule has 54 heavy (non-hydrogen) atoms. The molecule has 0 aromatic rings. The maximum atomic E-state index is 12.4. The highest BCUT2D eigenvalue weighted by Gasteiger charge is 2.73. The van der Waals surface area contributed by atoms with Crippen LogP contribution >= 0.6 is 0 Å². The second kappa shape index (κ2) is 15.1. The first-order valence-electron chi connectivity index (χ1n) is 20.4. The quantitative estimate of drug-likeness (QED) is 0.153. The van der Waals surface area contributed by atoms with Gasteiger partial charge < -0.3 is 64.9 Å². The monoisotopic (exact) mass is 770 g/mol. The molecule has 0 spiro atoms. The largest absolute Gasteiger partial charge is 0.393 e. The maximum Gasteiger partial charge on any atom is 0.187 e. The van der Waals surface area contributed by atoms with Crippen LogP contribution in [0.5, 0.6) is 0 Å². The molecule has 13 nitrogen and oxygen atoms in total. The molecule has 0 radical (unpaired) electrons. The third-order valence-corrected chi connectivity index (χ3v) is 16.2. The van der Waals surface area contributed by atoms with Crippen molar-refractivity contribution in [2.24, 2.45) is 45.3 Å². The molecule has 4 saturated carbocycles. The first kappa shape index (κ1) is 42.8. The average molecular weight is 771 g/mol. The average Bonchev–Trinajstić information content (AvgIpc) is 3.47. The number of fused-ring (bicyclic) bond motifs is 5. The fraction of sp³-hybridized carbons (Fsp3) is 0.951. The van der Waals surface area contributed by atoms with Crippen molar-refractivity contribution in [3.05, 3.63) is 11.6 Å². The van der Waals surface area contributed by atoms with E-state index in [0.717, 1.165) is 24.8 Å². The van der Waals surface area contributed by atoms with Gasteiger partial charge in [-0.3, -0.25) is 0 Å². The summed E-state index contributed by atoms with van der Waals surface area (Å²) >= 11 is 0. The molecule has 312 valence electrons. The Kier molecular flexibility index (Phi) is 12.0. The van der Waals surface area contributed by atoms with Crippen LogP contribution in [0.4, 0.5) is 0 Å². The molecule has 4 unspecified atom stereocenters. The molecule has 4 aliphatic carbocycles. The van der Waals surface area contributed by atoms with Crippen LogP contribution in [0.1, 0.15) is 107 Å². The van der Waals surface area contributed by atoms with Crippen LogP contribution in [0.25, 0.3) is 0 Å². The van der Waals surface area contributed by atoms with Crippen LogP contribution in [0.15, 0.2) is 11.6 Å². The lowest BCUT2D eigenvalue weighted by atomic mass is 9.34. The van der Waals surface area contributed by atoms with Gasteiger partial charge in [-0.05, 0) is 117 Å². The van der Waals surface area contributed by atoms with E-state index in [1.807, 2.05) is 20.8 Å². The molecule has 2 heterocycles. The number of ether oxygens (including phenoxy) is 4. The lowest BCUT2D eigenvalue weighted by molar-refractivity contribution is -0.346. The van der Waals surface area contributed by atoms with Gasteiger partial charge in [-0.2, -0.15) is 0 Å². The van der Waals surface area contributed by atoms with Crippen molar-refractivity contribution in [3.8, 4) is 0 Å². The van der Waals surface area contributed by atoms with Crippen LogP contribution in [-0.4, -0.2) is 138 Å². The van der Waals surface area contributed by atoms with Crippen molar-refractivity contribution >= 4 is 0 Å². The number of aliphatic hydroxyl groups is 9. The zero-order valence-corrected chi connectivity index (χ0v) is 33.5. The van der Waals surface area contributed by atoms with Gasteiger partial charge in [-0.25, -0.2) is 0 Å². The van der Waals surface area contributed by atoms with Crippen LogP contribution in [0, 0.1) is 45.3 Å². The Labute approximate surface area is 320 Å². The minimum absolute atomic E-state index is 0.109. The molecule has 0 amide bonds. The summed E-state index contributed by atoms with van der Waals surface area (Å²) in [5, 5.41) is 99.1. The SMILES string of the molecule is CC(C)=CCC[C@](C)(O[C@H]1O[C@@H](CO[C@H]2OC[C@@H](O)[C@@H](O)[C@@H]2O)[C@H](O)[C@@H](O)[C@@H]1O)C1CC[C@]2(C)C1[C@H](O)CC1[C@@]3(C)CC[C@H](O)C(C)(C)C3[C@@H](O)C[C@]12C. The molecule has 9 N–H and O–H groups in total. The predicted molar refractivity (Wildman–Crippen MR) is 196 cm³/mol. The van der Waals surface area contributed by atoms with Crippen LogP contribution in [-0.2, 0) is 18.9 Å². The Hall–Kier alpha value is -0.780. The van der Waals surface area contributed by atoms with E-state index >= 15 is 0 Å². The summed E-state index contributed by atoms with van der Waals surface area (Å²) in [6, 6.07) is 0. The predicted octanol–water partition coefficient (Wildman–Crippen LogP) is 1.76.